The number of hydrogen-bond acceptors (Lipinski definition) is 7. The Morgan fingerprint density at radius 3 is 1.87 bits per heavy atom. The molecule has 0 spiro atoms. The molecule has 0 fully saturated rings. The number of azo groups is 2. The lowest BCUT2D eigenvalue weighted by Gasteiger charge is -2.20. The van der Waals surface area contributed by atoms with Crippen LogP contribution in [0, 0.1) is 6.92 Å². The number of nitrogens with zero attached hydrogens (tertiary/aromatic N) is 6. The topological polar surface area (TPSA) is 65.6 Å². The number of benzene rings is 3. The molecular weight excluding hydrogens is 404 g/mol. The lowest BCUT2D eigenvalue weighted by Crippen LogP contribution is -2.21. The highest BCUT2D eigenvalue weighted by Gasteiger charge is 2.03. The van der Waals surface area contributed by atoms with Crippen LogP contribution < -0.4 is 4.90 Å². The van der Waals surface area contributed by atoms with Crippen molar-refractivity contribution in [2.24, 2.45) is 20.5 Å². The molecule has 1 aromatic heterocycles. The second-order valence-electron chi connectivity index (χ2n) is 7.07. The minimum Gasteiger partial charge on any atom is -0.372 e. The van der Waals surface area contributed by atoms with Crippen molar-refractivity contribution in [1.82, 2.24) is 4.98 Å². The van der Waals surface area contributed by atoms with Gasteiger partial charge >= 0.3 is 0 Å². The number of rotatable bonds is 7. The molecule has 0 aliphatic heterocycles. The average Bonchev–Trinajstić information content (AvgIpc) is 3.20. The van der Waals surface area contributed by atoms with Crippen LogP contribution in [0.25, 0.3) is 10.2 Å². The predicted octanol–water partition coefficient (Wildman–Crippen LogP) is 8.28. The fourth-order valence-corrected chi connectivity index (χ4v) is 3.96. The highest BCUT2D eigenvalue weighted by atomic mass is 32.1. The van der Waals surface area contributed by atoms with Gasteiger partial charge in [0.05, 0.1) is 27.3 Å². The third kappa shape index (κ3) is 5.19. The van der Waals surface area contributed by atoms with Crippen molar-refractivity contribution >= 4 is 49.4 Å². The van der Waals surface area contributed by atoms with Crippen LogP contribution in [0.5, 0.6) is 0 Å². The second kappa shape index (κ2) is 9.57. The van der Waals surface area contributed by atoms with Gasteiger partial charge in [-0.2, -0.15) is 10.2 Å². The van der Waals surface area contributed by atoms with Crippen LogP contribution >= 0.6 is 11.3 Å². The van der Waals surface area contributed by atoms with Gasteiger partial charge in [0.1, 0.15) is 0 Å². The summed E-state index contributed by atoms with van der Waals surface area (Å²) in [4.78, 5) is 6.81. The van der Waals surface area contributed by atoms with Crippen molar-refractivity contribution in [3.63, 3.8) is 0 Å². The molecule has 31 heavy (non-hydrogen) atoms. The molecule has 3 aromatic carbocycles. The van der Waals surface area contributed by atoms with Gasteiger partial charge in [-0.15, -0.1) is 10.2 Å². The summed E-state index contributed by atoms with van der Waals surface area (Å²) >= 11 is 1.53. The largest absolute Gasteiger partial charge is 0.372 e. The summed E-state index contributed by atoms with van der Waals surface area (Å²) in [5.41, 5.74) is 5.68. The number of aromatic nitrogens is 1. The number of hydrogen-bond donors (Lipinski definition) is 0. The molecule has 1 heterocycles. The Kier molecular flexibility index (Phi) is 6.43. The summed E-state index contributed by atoms with van der Waals surface area (Å²) in [7, 11) is 0. The molecule has 7 heteroatoms. The van der Waals surface area contributed by atoms with Gasteiger partial charge in [0.15, 0.2) is 0 Å². The number of anilines is 1. The van der Waals surface area contributed by atoms with Crippen molar-refractivity contribution in [2.45, 2.75) is 20.8 Å². The van der Waals surface area contributed by atoms with Crippen molar-refractivity contribution in [1.29, 1.82) is 0 Å². The molecule has 0 amide bonds. The zero-order chi connectivity index (χ0) is 21.6. The first-order chi connectivity index (χ1) is 15.1. The molecule has 0 saturated heterocycles. The standard InChI is InChI=1S/C24H24N6S/c1-4-30(5-2)21-13-11-20(12-14-21)27-26-18-7-9-19(10-8-18)28-29-24-25-22-16-17(3)6-15-23(22)31-24/h6-16H,4-5H2,1-3H3. The van der Waals surface area contributed by atoms with Gasteiger partial charge in [-0.05, 0) is 87.0 Å². The van der Waals surface area contributed by atoms with Crippen LogP contribution in [0.15, 0.2) is 87.2 Å². The van der Waals surface area contributed by atoms with Crippen molar-refractivity contribution in [2.75, 3.05) is 18.0 Å². The van der Waals surface area contributed by atoms with E-state index in [1.807, 2.05) is 36.4 Å². The molecule has 0 N–H and O–H groups in total. The van der Waals surface area contributed by atoms with Gasteiger partial charge in [-0.1, -0.05) is 17.4 Å². The van der Waals surface area contributed by atoms with E-state index in [0.717, 1.165) is 40.4 Å². The predicted molar refractivity (Wildman–Crippen MR) is 129 cm³/mol. The Balaban J connectivity index is 1.41. The van der Waals surface area contributed by atoms with Crippen molar-refractivity contribution in [3.05, 3.63) is 72.3 Å². The van der Waals surface area contributed by atoms with Gasteiger partial charge in [0.2, 0.25) is 5.13 Å². The summed E-state index contributed by atoms with van der Waals surface area (Å²) in [6.07, 6.45) is 0. The van der Waals surface area contributed by atoms with Crippen LogP contribution in [-0.4, -0.2) is 18.1 Å². The minimum atomic E-state index is 0.650. The Morgan fingerprint density at radius 2 is 1.29 bits per heavy atom. The SMILES string of the molecule is CCN(CC)c1ccc(N=Nc2ccc(N=Nc3nc4cc(C)ccc4s3)cc2)cc1. The fourth-order valence-electron chi connectivity index (χ4n) is 3.19. The van der Waals surface area contributed by atoms with E-state index in [1.165, 1.54) is 22.6 Å². The van der Waals surface area contributed by atoms with Gasteiger partial charge in [0.25, 0.3) is 0 Å². The van der Waals surface area contributed by atoms with E-state index in [4.69, 9.17) is 0 Å². The van der Waals surface area contributed by atoms with Crippen LogP contribution in [0.2, 0.25) is 0 Å². The lowest BCUT2D eigenvalue weighted by molar-refractivity contribution is 0.866. The Labute approximate surface area is 186 Å². The van der Waals surface area contributed by atoms with Crippen LogP contribution in [-0.2, 0) is 0 Å². The maximum Gasteiger partial charge on any atom is 0.231 e. The van der Waals surface area contributed by atoms with Gasteiger partial charge in [0, 0.05) is 18.8 Å². The molecule has 0 atom stereocenters. The molecule has 0 aliphatic carbocycles. The Hall–Kier alpha value is -3.45. The van der Waals surface area contributed by atoms with E-state index in [1.54, 1.807) is 0 Å². The number of aryl methyl sites for hydroxylation is 1. The van der Waals surface area contributed by atoms with Gasteiger partial charge < -0.3 is 4.90 Å². The first-order valence-electron chi connectivity index (χ1n) is 10.3. The van der Waals surface area contributed by atoms with E-state index < -0.39 is 0 Å². The molecule has 0 saturated carbocycles. The fraction of sp³-hybridized carbons (Fsp3) is 0.208. The zero-order valence-corrected chi connectivity index (χ0v) is 18.7. The van der Waals surface area contributed by atoms with E-state index in [0.29, 0.717) is 5.13 Å². The van der Waals surface area contributed by atoms with Gasteiger partial charge in [-0.25, -0.2) is 4.98 Å². The molecule has 0 radical (unpaired) electrons. The summed E-state index contributed by atoms with van der Waals surface area (Å²) in [6, 6.07) is 21.8. The van der Waals surface area contributed by atoms with Crippen molar-refractivity contribution < 1.29 is 0 Å². The molecule has 0 bridgehead atoms. The van der Waals surface area contributed by atoms with E-state index in [-0.39, 0.29) is 0 Å². The maximum atomic E-state index is 4.52. The highest BCUT2D eigenvalue weighted by molar-refractivity contribution is 7.21. The zero-order valence-electron chi connectivity index (χ0n) is 17.9. The van der Waals surface area contributed by atoms with Crippen LogP contribution in [0.4, 0.5) is 27.9 Å². The lowest BCUT2D eigenvalue weighted by atomic mass is 10.2. The smallest absolute Gasteiger partial charge is 0.231 e. The highest BCUT2D eigenvalue weighted by Crippen LogP contribution is 2.30. The molecule has 0 aliphatic rings. The monoisotopic (exact) mass is 428 g/mol. The molecule has 4 rings (SSSR count). The third-order valence-corrected chi connectivity index (χ3v) is 5.81. The minimum absolute atomic E-state index is 0.650. The van der Waals surface area contributed by atoms with E-state index >= 15 is 0 Å². The van der Waals surface area contributed by atoms with Crippen molar-refractivity contribution in [3.8, 4) is 0 Å². The molecule has 156 valence electrons. The Morgan fingerprint density at radius 1 is 0.742 bits per heavy atom. The average molecular weight is 429 g/mol. The molecule has 0 unspecified atom stereocenters. The second-order valence-corrected chi connectivity index (χ2v) is 8.08. The summed E-state index contributed by atoms with van der Waals surface area (Å²) < 4.78 is 1.11. The van der Waals surface area contributed by atoms with E-state index in [2.05, 4.69) is 81.4 Å². The quantitative estimate of drug-likeness (QED) is 0.278. The third-order valence-electron chi connectivity index (χ3n) is 4.89. The molecular formula is C24H24N6S. The Bertz CT molecular complexity index is 1210. The first kappa shape index (κ1) is 20.8. The van der Waals surface area contributed by atoms with E-state index in [9.17, 15) is 0 Å². The molecule has 4 aromatic rings. The summed E-state index contributed by atoms with van der Waals surface area (Å²) in [5, 5.41) is 17.9. The van der Waals surface area contributed by atoms with Gasteiger partial charge in [-0.3, -0.25) is 0 Å². The maximum absolute atomic E-state index is 4.52. The number of fused-ring (bicyclic) bond motifs is 1. The van der Waals surface area contributed by atoms with Crippen LogP contribution in [0.1, 0.15) is 19.4 Å². The van der Waals surface area contributed by atoms with Crippen LogP contribution in [0.3, 0.4) is 0 Å². The molecule has 6 nitrogen and oxygen atoms in total. The normalized spacial score (nSPS) is 11.7. The summed E-state index contributed by atoms with van der Waals surface area (Å²) in [6.45, 7) is 8.33. The summed E-state index contributed by atoms with van der Waals surface area (Å²) in [5.74, 6) is 0. The number of thiazole rings is 1. The first-order valence-corrected chi connectivity index (χ1v) is 11.1.